The molecule has 128 valence electrons. The molecular weight excluding hydrogens is 302 g/mol. The molecule has 0 aliphatic carbocycles. The van der Waals surface area contributed by atoms with Crippen molar-refractivity contribution in [1.82, 2.24) is 4.98 Å². The van der Waals surface area contributed by atoms with E-state index in [0.29, 0.717) is 17.0 Å². The SMILES string of the molecule is CCCN(CCC)c1ccc(C(=O)Nc2cccc(OC)c2)cn1. The van der Waals surface area contributed by atoms with Crippen molar-refractivity contribution in [3.8, 4) is 5.75 Å². The third-order valence-electron chi connectivity index (χ3n) is 3.65. The van der Waals surface area contributed by atoms with Crippen molar-refractivity contribution in [2.24, 2.45) is 0 Å². The number of benzene rings is 1. The minimum absolute atomic E-state index is 0.181. The van der Waals surface area contributed by atoms with E-state index in [-0.39, 0.29) is 5.91 Å². The Balaban J connectivity index is 2.07. The van der Waals surface area contributed by atoms with Crippen molar-refractivity contribution < 1.29 is 9.53 Å². The third kappa shape index (κ3) is 4.72. The number of ether oxygens (including phenoxy) is 1. The van der Waals surface area contributed by atoms with Crippen LogP contribution in [-0.2, 0) is 0 Å². The lowest BCUT2D eigenvalue weighted by Gasteiger charge is -2.22. The number of carbonyl (C=O) groups excluding carboxylic acids is 1. The Kier molecular flexibility index (Phi) is 6.61. The third-order valence-corrected chi connectivity index (χ3v) is 3.65. The Morgan fingerprint density at radius 1 is 1.17 bits per heavy atom. The molecule has 0 atom stereocenters. The Morgan fingerprint density at radius 3 is 2.50 bits per heavy atom. The first-order chi connectivity index (χ1) is 11.7. The fourth-order valence-electron chi connectivity index (χ4n) is 2.49. The van der Waals surface area contributed by atoms with E-state index >= 15 is 0 Å². The lowest BCUT2D eigenvalue weighted by Crippen LogP contribution is -2.26. The second-order valence-electron chi connectivity index (χ2n) is 5.58. The number of nitrogens with zero attached hydrogens (tertiary/aromatic N) is 2. The Bertz CT molecular complexity index is 650. The molecule has 0 unspecified atom stereocenters. The van der Waals surface area contributed by atoms with Crippen LogP contribution in [-0.4, -0.2) is 31.1 Å². The topological polar surface area (TPSA) is 54.5 Å². The second kappa shape index (κ2) is 8.91. The molecule has 1 heterocycles. The molecule has 1 N–H and O–H groups in total. The van der Waals surface area contributed by atoms with E-state index in [2.05, 4.69) is 29.0 Å². The van der Waals surface area contributed by atoms with Crippen LogP contribution >= 0.6 is 0 Å². The van der Waals surface area contributed by atoms with Gasteiger partial charge in [0, 0.05) is 31.0 Å². The summed E-state index contributed by atoms with van der Waals surface area (Å²) in [6.07, 6.45) is 3.77. The number of aromatic nitrogens is 1. The predicted molar refractivity (Wildman–Crippen MR) is 98.0 cm³/mol. The smallest absolute Gasteiger partial charge is 0.257 e. The van der Waals surface area contributed by atoms with E-state index < -0.39 is 0 Å². The fraction of sp³-hybridized carbons (Fsp3) is 0.368. The predicted octanol–water partition coefficient (Wildman–Crippen LogP) is 3.97. The van der Waals surface area contributed by atoms with Crippen LogP contribution in [0.25, 0.3) is 0 Å². The first kappa shape index (κ1) is 17.8. The van der Waals surface area contributed by atoms with Gasteiger partial charge in [-0.3, -0.25) is 4.79 Å². The molecule has 1 amide bonds. The molecule has 2 aromatic rings. The molecule has 5 heteroatoms. The normalized spacial score (nSPS) is 10.3. The molecule has 0 aliphatic rings. The largest absolute Gasteiger partial charge is 0.497 e. The molecular formula is C19H25N3O2. The van der Waals surface area contributed by atoms with Gasteiger partial charge >= 0.3 is 0 Å². The molecule has 0 bridgehead atoms. The Labute approximate surface area is 143 Å². The van der Waals surface area contributed by atoms with E-state index in [1.54, 1.807) is 19.4 Å². The summed E-state index contributed by atoms with van der Waals surface area (Å²) in [5, 5.41) is 2.86. The molecule has 0 fully saturated rings. The first-order valence-electron chi connectivity index (χ1n) is 8.34. The standard InChI is InChI=1S/C19H25N3O2/c1-4-11-22(12-5-2)18-10-9-15(14-20-18)19(23)21-16-7-6-8-17(13-16)24-3/h6-10,13-14H,4-5,11-12H2,1-3H3,(H,21,23). The number of hydrogen-bond donors (Lipinski definition) is 1. The van der Waals surface area contributed by atoms with E-state index in [4.69, 9.17) is 4.74 Å². The summed E-state index contributed by atoms with van der Waals surface area (Å²) in [5.74, 6) is 1.44. The average Bonchev–Trinajstić information content (AvgIpc) is 2.62. The Hall–Kier alpha value is -2.56. The monoisotopic (exact) mass is 327 g/mol. The maximum absolute atomic E-state index is 12.3. The number of rotatable bonds is 8. The molecule has 0 aliphatic heterocycles. The highest BCUT2D eigenvalue weighted by molar-refractivity contribution is 6.04. The molecule has 1 aromatic carbocycles. The highest BCUT2D eigenvalue weighted by Gasteiger charge is 2.10. The fourth-order valence-corrected chi connectivity index (χ4v) is 2.49. The molecule has 0 saturated heterocycles. The van der Waals surface area contributed by atoms with Crippen LogP contribution in [0, 0.1) is 0 Å². The van der Waals surface area contributed by atoms with Crippen LogP contribution < -0.4 is 15.0 Å². The van der Waals surface area contributed by atoms with E-state index in [9.17, 15) is 4.79 Å². The van der Waals surface area contributed by atoms with Crippen molar-refractivity contribution in [3.05, 3.63) is 48.2 Å². The van der Waals surface area contributed by atoms with Crippen molar-refractivity contribution in [3.63, 3.8) is 0 Å². The number of carbonyl (C=O) groups is 1. The van der Waals surface area contributed by atoms with Gasteiger partial charge in [-0.15, -0.1) is 0 Å². The van der Waals surface area contributed by atoms with Crippen LogP contribution in [0.1, 0.15) is 37.0 Å². The minimum atomic E-state index is -0.181. The first-order valence-corrected chi connectivity index (χ1v) is 8.34. The minimum Gasteiger partial charge on any atom is -0.497 e. The summed E-state index contributed by atoms with van der Waals surface area (Å²) in [6.45, 7) is 6.24. The number of amides is 1. The Morgan fingerprint density at radius 2 is 1.92 bits per heavy atom. The number of methoxy groups -OCH3 is 1. The molecule has 24 heavy (non-hydrogen) atoms. The van der Waals surface area contributed by atoms with Crippen LogP contribution in [0.3, 0.4) is 0 Å². The summed E-state index contributed by atoms with van der Waals surface area (Å²) in [4.78, 5) is 19.0. The lowest BCUT2D eigenvalue weighted by atomic mass is 10.2. The zero-order chi connectivity index (χ0) is 17.4. The second-order valence-corrected chi connectivity index (χ2v) is 5.58. The highest BCUT2D eigenvalue weighted by Crippen LogP contribution is 2.18. The molecule has 0 saturated carbocycles. The van der Waals surface area contributed by atoms with Gasteiger partial charge in [0.1, 0.15) is 11.6 Å². The highest BCUT2D eigenvalue weighted by atomic mass is 16.5. The summed E-state index contributed by atoms with van der Waals surface area (Å²) in [5.41, 5.74) is 1.23. The molecule has 2 rings (SSSR count). The van der Waals surface area contributed by atoms with Gasteiger partial charge in [0.15, 0.2) is 0 Å². The maximum atomic E-state index is 12.3. The van der Waals surface area contributed by atoms with Gasteiger partial charge in [0.25, 0.3) is 5.91 Å². The van der Waals surface area contributed by atoms with Gasteiger partial charge in [0.2, 0.25) is 0 Å². The number of hydrogen-bond acceptors (Lipinski definition) is 4. The van der Waals surface area contributed by atoms with Crippen molar-refractivity contribution in [2.75, 3.05) is 30.4 Å². The zero-order valence-electron chi connectivity index (χ0n) is 14.6. The molecule has 0 spiro atoms. The maximum Gasteiger partial charge on any atom is 0.257 e. The van der Waals surface area contributed by atoms with Gasteiger partial charge in [-0.2, -0.15) is 0 Å². The summed E-state index contributed by atoms with van der Waals surface area (Å²) < 4.78 is 5.16. The van der Waals surface area contributed by atoms with E-state index in [1.165, 1.54) is 0 Å². The number of anilines is 2. The molecule has 0 radical (unpaired) electrons. The lowest BCUT2D eigenvalue weighted by molar-refractivity contribution is 0.102. The van der Waals surface area contributed by atoms with E-state index in [0.717, 1.165) is 31.7 Å². The van der Waals surface area contributed by atoms with Crippen LogP contribution in [0.15, 0.2) is 42.6 Å². The zero-order valence-corrected chi connectivity index (χ0v) is 14.6. The van der Waals surface area contributed by atoms with Gasteiger partial charge in [-0.25, -0.2) is 4.98 Å². The van der Waals surface area contributed by atoms with Crippen LogP contribution in [0.2, 0.25) is 0 Å². The number of pyridine rings is 1. The van der Waals surface area contributed by atoms with Gasteiger partial charge in [-0.05, 0) is 37.1 Å². The average molecular weight is 327 g/mol. The summed E-state index contributed by atoms with van der Waals surface area (Å²) >= 11 is 0. The van der Waals surface area contributed by atoms with Crippen molar-refractivity contribution in [2.45, 2.75) is 26.7 Å². The summed E-state index contributed by atoms with van der Waals surface area (Å²) in [7, 11) is 1.60. The van der Waals surface area contributed by atoms with Crippen LogP contribution in [0.4, 0.5) is 11.5 Å². The molecule has 1 aromatic heterocycles. The number of nitrogens with one attached hydrogen (secondary N) is 1. The quantitative estimate of drug-likeness (QED) is 0.797. The van der Waals surface area contributed by atoms with Gasteiger partial charge in [0.05, 0.1) is 12.7 Å². The summed E-state index contributed by atoms with van der Waals surface area (Å²) in [6, 6.07) is 11.0. The van der Waals surface area contributed by atoms with Gasteiger partial charge < -0.3 is 15.0 Å². The van der Waals surface area contributed by atoms with Crippen molar-refractivity contribution >= 4 is 17.4 Å². The van der Waals surface area contributed by atoms with Crippen molar-refractivity contribution in [1.29, 1.82) is 0 Å². The van der Waals surface area contributed by atoms with Crippen LogP contribution in [0.5, 0.6) is 5.75 Å². The van der Waals surface area contributed by atoms with Gasteiger partial charge in [-0.1, -0.05) is 19.9 Å². The molecule has 5 nitrogen and oxygen atoms in total. The van der Waals surface area contributed by atoms with E-state index in [1.807, 2.05) is 30.3 Å².